The smallest absolute Gasteiger partial charge is 0.266 e. The van der Waals surface area contributed by atoms with Crippen LogP contribution in [0.2, 0.25) is 0 Å². The zero-order chi connectivity index (χ0) is 12.6. The zero-order valence-electron chi connectivity index (χ0n) is 9.09. The first-order valence-electron chi connectivity index (χ1n) is 5.25. The molecule has 0 aliphatic carbocycles. The first-order valence-corrected chi connectivity index (χ1v) is 6.13. The number of ether oxygens (including phenoxy) is 1. The number of aliphatic hydroxyl groups is 2. The lowest BCUT2D eigenvalue weighted by atomic mass is 9.98. The van der Waals surface area contributed by atoms with Gasteiger partial charge in [-0.25, -0.2) is 8.78 Å². The number of hydrogen-bond acceptors (Lipinski definition) is 6. The summed E-state index contributed by atoms with van der Waals surface area (Å²) in [5.41, 5.74) is -0.417. The Morgan fingerprint density at radius 1 is 1.59 bits per heavy atom. The van der Waals surface area contributed by atoms with Crippen molar-refractivity contribution in [2.75, 3.05) is 7.05 Å². The number of aliphatic imine (C=N–C) groups is 1. The number of nitrogens with zero attached hydrogens (tertiary/aromatic N) is 1. The summed E-state index contributed by atoms with van der Waals surface area (Å²) in [6.07, 6.45) is -7.06. The van der Waals surface area contributed by atoms with E-state index in [0.29, 0.717) is 5.17 Å². The molecule has 0 aromatic heterocycles. The lowest BCUT2D eigenvalue weighted by Crippen LogP contribution is -2.51. The molecule has 0 aromatic carbocycles. The van der Waals surface area contributed by atoms with E-state index in [9.17, 15) is 19.0 Å². The van der Waals surface area contributed by atoms with Gasteiger partial charge in [-0.05, 0) is 0 Å². The van der Waals surface area contributed by atoms with E-state index < -0.39 is 30.2 Å². The third-order valence-electron chi connectivity index (χ3n) is 2.79. The van der Waals surface area contributed by atoms with Gasteiger partial charge in [0.25, 0.3) is 6.43 Å². The maximum atomic E-state index is 12.4. The van der Waals surface area contributed by atoms with Crippen LogP contribution in [0.3, 0.4) is 0 Å². The average Bonchev–Trinajstić information content (AvgIpc) is 2.68. The maximum absolute atomic E-state index is 12.4. The highest BCUT2D eigenvalue weighted by molar-refractivity contribution is 8.14. The summed E-state index contributed by atoms with van der Waals surface area (Å²) >= 11 is 1.28. The van der Waals surface area contributed by atoms with Crippen molar-refractivity contribution in [2.45, 2.75) is 42.6 Å². The molecule has 2 aliphatic heterocycles. The molecule has 1 saturated heterocycles. The fraction of sp³-hybridized carbons (Fsp3) is 0.889. The van der Waals surface area contributed by atoms with Gasteiger partial charge in [0.15, 0.2) is 5.17 Å². The monoisotopic (exact) mass is 268 g/mol. The number of amidine groups is 1. The first kappa shape index (κ1) is 13.0. The molecule has 98 valence electrons. The predicted octanol–water partition coefficient (Wildman–Crippen LogP) is -0.221. The Balaban J connectivity index is 2.03. The van der Waals surface area contributed by atoms with Gasteiger partial charge in [-0.2, -0.15) is 0 Å². The van der Waals surface area contributed by atoms with Gasteiger partial charge in [0, 0.05) is 13.5 Å². The Morgan fingerprint density at radius 3 is 2.88 bits per heavy atom. The topological polar surface area (TPSA) is 74.1 Å². The van der Waals surface area contributed by atoms with Crippen LogP contribution in [0, 0.1) is 0 Å². The average molecular weight is 268 g/mol. The summed E-state index contributed by atoms with van der Waals surface area (Å²) in [5.74, 6) is 0. The van der Waals surface area contributed by atoms with Crippen LogP contribution in [-0.4, -0.2) is 58.6 Å². The number of alkyl halides is 2. The van der Waals surface area contributed by atoms with Crippen LogP contribution in [0.1, 0.15) is 6.42 Å². The molecule has 0 spiro atoms. The fourth-order valence-electron chi connectivity index (χ4n) is 1.91. The van der Waals surface area contributed by atoms with Crippen molar-refractivity contribution in [1.82, 2.24) is 5.32 Å². The molecule has 2 rings (SSSR count). The van der Waals surface area contributed by atoms with Crippen LogP contribution in [-0.2, 0) is 4.74 Å². The molecule has 0 radical (unpaired) electrons. The summed E-state index contributed by atoms with van der Waals surface area (Å²) in [6, 6.07) is -0.251. The predicted molar refractivity (Wildman–Crippen MR) is 59.2 cm³/mol. The molecule has 5 atom stereocenters. The maximum Gasteiger partial charge on any atom is 0.266 e. The van der Waals surface area contributed by atoms with Gasteiger partial charge in [0.1, 0.15) is 17.6 Å². The second-order valence-electron chi connectivity index (χ2n) is 3.97. The van der Waals surface area contributed by atoms with E-state index in [2.05, 4.69) is 10.3 Å². The summed E-state index contributed by atoms with van der Waals surface area (Å²) in [4.78, 5) is 4.23. The van der Waals surface area contributed by atoms with Crippen molar-refractivity contribution in [2.24, 2.45) is 4.99 Å². The number of nitrogens with one attached hydrogen (secondary N) is 1. The van der Waals surface area contributed by atoms with Crippen molar-refractivity contribution >= 4 is 16.9 Å². The van der Waals surface area contributed by atoms with Crippen LogP contribution in [0.25, 0.3) is 0 Å². The van der Waals surface area contributed by atoms with Crippen LogP contribution in [0.4, 0.5) is 8.78 Å². The highest BCUT2D eigenvalue weighted by Gasteiger charge is 2.46. The molecule has 2 aliphatic rings. The van der Waals surface area contributed by atoms with Gasteiger partial charge in [0.2, 0.25) is 0 Å². The minimum Gasteiger partial charge on any atom is -0.390 e. The van der Waals surface area contributed by atoms with E-state index in [-0.39, 0.29) is 12.5 Å². The molecule has 17 heavy (non-hydrogen) atoms. The Kier molecular flexibility index (Phi) is 3.86. The molecule has 5 nitrogen and oxygen atoms in total. The highest BCUT2D eigenvalue weighted by atomic mass is 32.2. The van der Waals surface area contributed by atoms with Crippen molar-refractivity contribution in [3.05, 3.63) is 0 Å². The molecule has 3 N–H and O–H groups in total. The van der Waals surface area contributed by atoms with Crippen LogP contribution < -0.4 is 5.32 Å². The number of fused-ring (bicyclic) bond motifs is 1. The quantitative estimate of drug-likeness (QED) is 0.645. The normalized spacial score (nSPS) is 38.8. The number of halogens is 2. The molecule has 1 fully saturated rings. The summed E-state index contributed by atoms with van der Waals surface area (Å²) in [6.45, 7) is 0. The van der Waals surface area contributed by atoms with E-state index in [4.69, 9.17) is 4.74 Å². The minimum absolute atomic E-state index is 0.220. The second kappa shape index (κ2) is 5.05. The molecular weight excluding hydrogens is 254 g/mol. The van der Waals surface area contributed by atoms with Crippen LogP contribution in [0.15, 0.2) is 4.99 Å². The summed E-state index contributed by atoms with van der Waals surface area (Å²) in [7, 11) is 1.70. The standard InChI is InChI=1S/C9H14F2N2O3S/c1-12-9-13-3-2-4(14)6(5(15)7(10)11)16-8(3)17-9/h3-8,14-15H,2H2,1H3,(H,12,13)/t3-,4+,5-,6+,8-/m1/s1. The number of aliphatic hydroxyl groups excluding tert-OH is 2. The first-order chi connectivity index (χ1) is 8.02. The molecule has 0 unspecified atom stereocenters. The summed E-state index contributed by atoms with van der Waals surface area (Å²) < 4.78 is 30.1. The highest BCUT2D eigenvalue weighted by Crippen LogP contribution is 2.36. The third kappa shape index (κ3) is 2.54. The van der Waals surface area contributed by atoms with Gasteiger partial charge >= 0.3 is 0 Å². The van der Waals surface area contributed by atoms with Crippen molar-refractivity contribution in [1.29, 1.82) is 0 Å². The van der Waals surface area contributed by atoms with Gasteiger partial charge in [0.05, 0.1) is 12.1 Å². The third-order valence-corrected chi connectivity index (χ3v) is 3.98. The van der Waals surface area contributed by atoms with Gasteiger partial charge in [-0.3, -0.25) is 4.99 Å². The lowest BCUT2D eigenvalue weighted by Gasteiger charge is -2.36. The van der Waals surface area contributed by atoms with Crippen molar-refractivity contribution < 1.29 is 23.7 Å². The fourth-order valence-corrected chi connectivity index (χ4v) is 2.96. The van der Waals surface area contributed by atoms with Crippen molar-refractivity contribution in [3.63, 3.8) is 0 Å². The molecule has 8 heteroatoms. The second-order valence-corrected chi connectivity index (χ2v) is 5.05. The van der Waals surface area contributed by atoms with E-state index in [1.54, 1.807) is 7.05 Å². The molecular formula is C9H14F2N2O3S. The van der Waals surface area contributed by atoms with Crippen LogP contribution in [0.5, 0.6) is 0 Å². The Labute approximate surface area is 101 Å². The molecule has 0 bridgehead atoms. The zero-order valence-corrected chi connectivity index (χ0v) is 9.90. The Hall–Kier alpha value is -0.440. The minimum atomic E-state index is -2.93. The number of hydrogen-bond donors (Lipinski definition) is 3. The number of rotatable bonds is 2. The summed E-state index contributed by atoms with van der Waals surface area (Å²) in [5, 5.41) is 22.4. The van der Waals surface area contributed by atoms with Gasteiger partial charge < -0.3 is 20.3 Å². The molecule has 0 amide bonds. The SMILES string of the molecule is CNC1=N[C@@H]2C[C@H](O)[C@@H]([C@@H](O)C(F)F)O[C@@H]2S1. The van der Waals surface area contributed by atoms with E-state index in [1.165, 1.54) is 11.8 Å². The van der Waals surface area contributed by atoms with Crippen LogP contribution >= 0.6 is 11.8 Å². The van der Waals surface area contributed by atoms with Gasteiger partial charge in [-0.15, -0.1) is 0 Å². The van der Waals surface area contributed by atoms with E-state index >= 15 is 0 Å². The van der Waals surface area contributed by atoms with Crippen molar-refractivity contribution in [3.8, 4) is 0 Å². The van der Waals surface area contributed by atoms with E-state index in [0.717, 1.165) is 0 Å². The van der Waals surface area contributed by atoms with Gasteiger partial charge in [-0.1, -0.05) is 11.8 Å². The molecule has 0 aromatic rings. The Bertz CT molecular complexity index is 319. The number of thioether (sulfide) groups is 1. The largest absolute Gasteiger partial charge is 0.390 e. The Morgan fingerprint density at radius 2 is 2.29 bits per heavy atom. The lowest BCUT2D eigenvalue weighted by molar-refractivity contribution is -0.172. The molecule has 2 heterocycles. The van der Waals surface area contributed by atoms with E-state index in [1.807, 2.05) is 0 Å². The molecule has 0 saturated carbocycles.